The zero-order valence-electron chi connectivity index (χ0n) is 10.4. The van der Waals surface area contributed by atoms with Crippen molar-refractivity contribution in [1.29, 1.82) is 0 Å². The van der Waals surface area contributed by atoms with Crippen LogP contribution in [-0.2, 0) is 5.75 Å². The molecule has 18 heavy (non-hydrogen) atoms. The molecule has 1 aromatic heterocycles. The Hall–Kier alpha value is -1.13. The number of nitrogens with two attached hydrogens (primary N) is 1. The predicted octanol–water partition coefficient (Wildman–Crippen LogP) is 3.99. The molecule has 0 bridgehead atoms. The number of nitrogen functional groups attached to an aromatic ring is 1. The van der Waals surface area contributed by atoms with E-state index in [-0.39, 0.29) is 0 Å². The van der Waals surface area contributed by atoms with Crippen molar-refractivity contribution in [3.8, 4) is 0 Å². The number of nitrogens with zero attached hydrogens (tertiary/aromatic N) is 2. The van der Waals surface area contributed by atoms with E-state index in [2.05, 4.69) is 23.4 Å². The molecule has 0 saturated heterocycles. The molecule has 3 nitrogen and oxygen atoms in total. The molecule has 2 aromatic rings. The standard InChI is InChI=1S/C13H16ClN3S/c1-9(2)17-8-16-6-11(17)7-18-13-5-10(15)3-4-12(13)14/h3-6,8-9H,7,15H2,1-2H3. The van der Waals surface area contributed by atoms with Gasteiger partial charge in [-0.1, -0.05) is 11.6 Å². The fourth-order valence-corrected chi connectivity index (χ4v) is 2.92. The normalized spacial score (nSPS) is 11.1. The summed E-state index contributed by atoms with van der Waals surface area (Å²) in [6.45, 7) is 4.28. The Bertz CT molecular complexity index is 537. The van der Waals surface area contributed by atoms with E-state index in [9.17, 15) is 0 Å². The third-order valence-electron chi connectivity index (χ3n) is 2.63. The van der Waals surface area contributed by atoms with E-state index >= 15 is 0 Å². The molecule has 0 saturated carbocycles. The van der Waals surface area contributed by atoms with Gasteiger partial charge in [-0.2, -0.15) is 0 Å². The highest BCUT2D eigenvalue weighted by Crippen LogP contribution is 2.31. The molecule has 0 unspecified atom stereocenters. The highest BCUT2D eigenvalue weighted by molar-refractivity contribution is 7.98. The quantitative estimate of drug-likeness (QED) is 0.681. The van der Waals surface area contributed by atoms with Gasteiger partial charge in [0.2, 0.25) is 0 Å². The number of imidazole rings is 1. The summed E-state index contributed by atoms with van der Waals surface area (Å²) in [4.78, 5) is 5.20. The van der Waals surface area contributed by atoms with E-state index in [1.165, 1.54) is 5.69 Å². The zero-order chi connectivity index (χ0) is 13.1. The summed E-state index contributed by atoms with van der Waals surface area (Å²) in [5, 5.41) is 0.741. The van der Waals surface area contributed by atoms with Crippen molar-refractivity contribution in [2.75, 3.05) is 5.73 Å². The minimum atomic E-state index is 0.416. The summed E-state index contributed by atoms with van der Waals surface area (Å²) in [5.74, 6) is 0.835. The van der Waals surface area contributed by atoms with Crippen molar-refractivity contribution in [1.82, 2.24) is 9.55 Å². The Kier molecular flexibility index (Phi) is 4.19. The van der Waals surface area contributed by atoms with Gasteiger partial charge in [-0.05, 0) is 32.0 Å². The van der Waals surface area contributed by atoms with Gasteiger partial charge in [0, 0.05) is 34.3 Å². The molecule has 1 aromatic carbocycles. The number of hydrogen-bond donors (Lipinski definition) is 1. The molecule has 0 amide bonds. The maximum Gasteiger partial charge on any atom is 0.0950 e. The van der Waals surface area contributed by atoms with Crippen LogP contribution < -0.4 is 5.73 Å². The first kappa shape index (κ1) is 13.3. The number of thioether (sulfide) groups is 1. The third-order valence-corrected chi connectivity index (χ3v) is 4.16. The lowest BCUT2D eigenvalue weighted by Gasteiger charge is -2.11. The van der Waals surface area contributed by atoms with E-state index in [4.69, 9.17) is 17.3 Å². The maximum atomic E-state index is 6.14. The van der Waals surface area contributed by atoms with Gasteiger partial charge in [-0.15, -0.1) is 11.8 Å². The Balaban J connectivity index is 2.11. The first-order valence-electron chi connectivity index (χ1n) is 5.76. The first-order chi connectivity index (χ1) is 8.58. The van der Waals surface area contributed by atoms with Gasteiger partial charge in [-0.3, -0.25) is 0 Å². The highest BCUT2D eigenvalue weighted by atomic mass is 35.5. The molecule has 0 fully saturated rings. The number of rotatable bonds is 4. The summed E-state index contributed by atoms with van der Waals surface area (Å²) in [6.07, 6.45) is 3.76. The van der Waals surface area contributed by atoms with Crippen LogP contribution in [-0.4, -0.2) is 9.55 Å². The van der Waals surface area contributed by atoms with Gasteiger partial charge in [0.1, 0.15) is 0 Å². The van der Waals surface area contributed by atoms with Crippen LogP contribution in [0.3, 0.4) is 0 Å². The lowest BCUT2D eigenvalue weighted by molar-refractivity contribution is 0.584. The molecule has 0 aliphatic heterocycles. The fourth-order valence-electron chi connectivity index (χ4n) is 1.69. The molecule has 0 atom stereocenters. The average Bonchev–Trinajstić information content (AvgIpc) is 2.79. The van der Waals surface area contributed by atoms with Crippen LogP contribution in [0, 0.1) is 0 Å². The summed E-state index contributed by atoms with van der Waals surface area (Å²) in [7, 11) is 0. The second-order valence-corrected chi connectivity index (χ2v) is 5.79. The van der Waals surface area contributed by atoms with Gasteiger partial charge < -0.3 is 10.3 Å². The van der Waals surface area contributed by atoms with E-state index in [0.717, 1.165) is 21.4 Å². The van der Waals surface area contributed by atoms with E-state index in [1.807, 2.05) is 30.7 Å². The molecule has 2 rings (SSSR count). The number of benzene rings is 1. The van der Waals surface area contributed by atoms with E-state index < -0.39 is 0 Å². The molecule has 0 aliphatic carbocycles. The average molecular weight is 282 g/mol. The molecule has 0 radical (unpaired) electrons. The minimum Gasteiger partial charge on any atom is -0.399 e. The van der Waals surface area contributed by atoms with Crippen molar-refractivity contribution in [2.45, 2.75) is 30.5 Å². The third kappa shape index (κ3) is 3.00. The number of aromatic nitrogens is 2. The van der Waals surface area contributed by atoms with Crippen molar-refractivity contribution in [3.05, 3.63) is 41.4 Å². The monoisotopic (exact) mass is 281 g/mol. The highest BCUT2D eigenvalue weighted by Gasteiger charge is 2.07. The molecular formula is C13H16ClN3S. The predicted molar refractivity (Wildman–Crippen MR) is 78.0 cm³/mol. The van der Waals surface area contributed by atoms with Crippen molar-refractivity contribution in [3.63, 3.8) is 0 Å². The van der Waals surface area contributed by atoms with Crippen LogP contribution in [0.1, 0.15) is 25.6 Å². The lowest BCUT2D eigenvalue weighted by Crippen LogP contribution is -2.02. The second kappa shape index (κ2) is 5.67. The molecule has 1 heterocycles. The summed E-state index contributed by atoms with van der Waals surface area (Å²) in [6, 6.07) is 5.96. The van der Waals surface area contributed by atoms with Crippen molar-refractivity contribution in [2.24, 2.45) is 0 Å². The Morgan fingerprint density at radius 1 is 1.44 bits per heavy atom. The SMILES string of the molecule is CC(C)n1cncc1CSc1cc(N)ccc1Cl. The van der Waals surface area contributed by atoms with Crippen LogP contribution in [0.5, 0.6) is 0 Å². The molecule has 2 N–H and O–H groups in total. The largest absolute Gasteiger partial charge is 0.399 e. The van der Waals surface area contributed by atoms with Crippen LogP contribution >= 0.6 is 23.4 Å². The summed E-state index contributed by atoms with van der Waals surface area (Å²) >= 11 is 7.82. The Labute approximate surface area is 116 Å². The Morgan fingerprint density at radius 2 is 2.22 bits per heavy atom. The van der Waals surface area contributed by atoms with Crippen LogP contribution in [0.2, 0.25) is 5.02 Å². The summed E-state index contributed by atoms with van der Waals surface area (Å²) in [5.41, 5.74) is 7.69. The zero-order valence-corrected chi connectivity index (χ0v) is 12.0. The fraction of sp³-hybridized carbons (Fsp3) is 0.308. The van der Waals surface area contributed by atoms with Crippen LogP contribution in [0.25, 0.3) is 0 Å². The number of anilines is 1. The summed E-state index contributed by atoms with van der Waals surface area (Å²) < 4.78 is 2.16. The maximum absolute atomic E-state index is 6.14. The number of hydrogen-bond acceptors (Lipinski definition) is 3. The van der Waals surface area contributed by atoms with Crippen molar-refractivity contribution >= 4 is 29.1 Å². The van der Waals surface area contributed by atoms with Gasteiger partial charge in [0.15, 0.2) is 0 Å². The van der Waals surface area contributed by atoms with E-state index in [0.29, 0.717) is 6.04 Å². The molecule has 5 heteroatoms. The van der Waals surface area contributed by atoms with E-state index in [1.54, 1.807) is 11.8 Å². The lowest BCUT2D eigenvalue weighted by atomic mass is 10.3. The molecule has 96 valence electrons. The molecule has 0 aliphatic rings. The van der Waals surface area contributed by atoms with Crippen LogP contribution in [0.15, 0.2) is 35.6 Å². The van der Waals surface area contributed by atoms with Gasteiger partial charge in [-0.25, -0.2) is 4.98 Å². The molecular weight excluding hydrogens is 266 g/mol. The smallest absolute Gasteiger partial charge is 0.0950 e. The molecule has 0 spiro atoms. The minimum absolute atomic E-state index is 0.416. The second-order valence-electron chi connectivity index (χ2n) is 4.36. The van der Waals surface area contributed by atoms with Crippen molar-refractivity contribution < 1.29 is 0 Å². The van der Waals surface area contributed by atoms with Crippen LogP contribution in [0.4, 0.5) is 5.69 Å². The number of halogens is 1. The topological polar surface area (TPSA) is 43.8 Å². The van der Waals surface area contributed by atoms with Gasteiger partial charge >= 0.3 is 0 Å². The van der Waals surface area contributed by atoms with Gasteiger partial charge in [0.05, 0.1) is 11.3 Å². The Morgan fingerprint density at radius 3 is 2.94 bits per heavy atom. The van der Waals surface area contributed by atoms with Gasteiger partial charge in [0.25, 0.3) is 0 Å². The first-order valence-corrected chi connectivity index (χ1v) is 7.13.